The van der Waals surface area contributed by atoms with E-state index >= 15 is 0 Å². The van der Waals surface area contributed by atoms with Gasteiger partial charge in [-0.3, -0.25) is 9.48 Å². The van der Waals surface area contributed by atoms with E-state index in [1.807, 2.05) is 47.3 Å². The standard InChI is InChI=1S/C20H21N3O3/c1-25-18-8-9-19(26-2)16(12-18)13-20(24)22-17-6-4-15(5-7-17)14-23-11-3-10-21-23/h3-12H,13-14H2,1-2H3,(H,22,24). The Kier molecular flexibility index (Phi) is 5.53. The third kappa shape index (κ3) is 4.42. The van der Waals surface area contributed by atoms with Crippen molar-refractivity contribution in [3.8, 4) is 11.5 Å². The van der Waals surface area contributed by atoms with Crippen molar-refractivity contribution >= 4 is 11.6 Å². The molecule has 0 bridgehead atoms. The van der Waals surface area contributed by atoms with E-state index in [2.05, 4.69) is 10.4 Å². The van der Waals surface area contributed by atoms with Gasteiger partial charge in [-0.1, -0.05) is 12.1 Å². The number of carbonyl (C=O) groups is 1. The molecule has 0 aliphatic heterocycles. The van der Waals surface area contributed by atoms with E-state index in [0.29, 0.717) is 18.0 Å². The zero-order valence-corrected chi connectivity index (χ0v) is 14.8. The average Bonchev–Trinajstić information content (AvgIpc) is 3.16. The first-order valence-electron chi connectivity index (χ1n) is 8.25. The van der Waals surface area contributed by atoms with Crippen LogP contribution in [0.5, 0.6) is 11.5 Å². The van der Waals surface area contributed by atoms with Crippen molar-refractivity contribution in [2.24, 2.45) is 0 Å². The normalized spacial score (nSPS) is 10.4. The number of nitrogens with zero attached hydrogens (tertiary/aromatic N) is 2. The molecule has 0 saturated carbocycles. The lowest BCUT2D eigenvalue weighted by Crippen LogP contribution is -2.15. The average molecular weight is 351 g/mol. The Balaban J connectivity index is 1.63. The predicted molar refractivity (Wildman–Crippen MR) is 99.7 cm³/mol. The largest absolute Gasteiger partial charge is 0.497 e. The summed E-state index contributed by atoms with van der Waals surface area (Å²) >= 11 is 0. The van der Waals surface area contributed by atoms with Crippen LogP contribution in [0.3, 0.4) is 0 Å². The predicted octanol–water partition coefficient (Wildman–Crippen LogP) is 3.13. The summed E-state index contributed by atoms with van der Waals surface area (Å²) in [6.45, 7) is 0.697. The van der Waals surface area contributed by atoms with Crippen molar-refractivity contribution in [3.63, 3.8) is 0 Å². The minimum atomic E-state index is -0.114. The fourth-order valence-electron chi connectivity index (χ4n) is 2.67. The van der Waals surface area contributed by atoms with Crippen LogP contribution < -0.4 is 14.8 Å². The molecule has 0 radical (unpaired) electrons. The molecule has 0 spiro atoms. The lowest BCUT2D eigenvalue weighted by molar-refractivity contribution is -0.115. The highest BCUT2D eigenvalue weighted by Crippen LogP contribution is 2.24. The summed E-state index contributed by atoms with van der Waals surface area (Å²) in [7, 11) is 3.18. The van der Waals surface area contributed by atoms with Gasteiger partial charge in [0.1, 0.15) is 11.5 Å². The van der Waals surface area contributed by atoms with Crippen LogP contribution in [-0.2, 0) is 17.8 Å². The summed E-state index contributed by atoms with van der Waals surface area (Å²) in [6.07, 6.45) is 3.87. The molecule has 1 amide bonds. The Morgan fingerprint density at radius 2 is 1.92 bits per heavy atom. The third-order valence-electron chi connectivity index (χ3n) is 3.98. The van der Waals surface area contributed by atoms with Gasteiger partial charge >= 0.3 is 0 Å². The number of hydrogen-bond donors (Lipinski definition) is 1. The summed E-state index contributed by atoms with van der Waals surface area (Å²) in [5, 5.41) is 7.09. The van der Waals surface area contributed by atoms with Crippen molar-refractivity contribution in [1.29, 1.82) is 0 Å². The Morgan fingerprint density at radius 3 is 2.58 bits per heavy atom. The number of nitrogens with one attached hydrogen (secondary N) is 1. The number of aromatic nitrogens is 2. The highest BCUT2D eigenvalue weighted by Gasteiger charge is 2.10. The fraction of sp³-hybridized carbons (Fsp3) is 0.200. The quantitative estimate of drug-likeness (QED) is 0.710. The number of rotatable bonds is 7. The van der Waals surface area contributed by atoms with Crippen LogP contribution in [-0.4, -0.2) is 29.9 Å². The van der Waals surface area contributed by atoms with Crippen molar-refractivity contribution < 1.29 is 14.3 Å². The maximum atomic E-state index is 12.4. The molecule has 1 N–H and O–H groups in total. The zero-order chi connectivity index (χ0) is 18.4. The molecular weight excluding hydrogens is 330 g/mol. The fourth-order valence-corrected chi connectivity index (χ4v) is 2.67. The minimum absolute atomic E-state index is 0.114. The molecule has 0 saturated heterocycles. The molecule has 3 aromatic rings. The van der Waals surface area contributed by atoms with Crippen LogP contribution in [0, 0.1) is 0 Å². The van der Waals surface area contributed by atoms with E-state index in [-0.39, 0.29) is 12.3 Å². The maximum absolute atomic E-state index is 12.4. The number of hydrogen-bond acceptors (Lipinski definition) is 4. The molecular formula is C20H21N3O3. The zero-order valence-electron chi connectivity index (χ0n) is 14.8. The summed E-state index contributed by atoms with van der Waals surface area (Å²) in [4.78, 5) is 12.4. The molecule has 3 rings (SSSR count). The number of carbonyl (C=O) groups excluding carboxylic acids is 1. The van der Waals surface area contributed by atoms with E-state index in [0.717, 1.165) is 16.8 Å². The second kappa shape index (κ2) is 8.20. The molecule has 0 aliphatic carbocycles. The van der Waals surface area contributed by atoms with Crippen LogP contribution in [0.15, 0.2) is 60.9 Å². The molecule has 0 atom stereocenters. The van der Waals surface area contributed by atoms with Crippen LogP contribution in [0.2, 0.25) is 0 Å². The molecule has 26 heavy (non-hydrogen) atoms. The Morgan fingerprint density at radius 1 is 1.12 bits per heavy atom. The van der Waals surface area contributed by atoms with Crippen LogP contribution in [0.25, 0.3) is 0 Å². The van der Waals surface area contributed by atoms with Gasteiger partial charge in [-0.25, -0.2) is 0 Å². The smallest absolute Gasteiger partial charge is 0.228 e. The number of ether oxygens (including phenoxy) is 2. The lowest BCUT2D eigenvalue weighted by Gasteiger charge is -2.11. The lowest BCUT2D eigenvalue weighted by atomic mass is 10.1. The molecule has 1 heterocycles. The van der Waals surface area contributed by atoms with Crippen molar-refractivity contribution in [2.75, 3.05) is 19.5 Å². The van der Waals surface area contributed by atoms with Gasteiger partial charge in [-0.05, 0) is 42.0 Å². The van der Waals surface area contributed by atoms with Crippen LogP contribution in [0.1, 0.15) is 11.1 Å². The molecule has 0 fully saturated rings. The van der Waals surface area contributed by atoms with Crippen molar-refractivity contribution in [3.05, 3.63) is 72.1 Å². The highest BCUT2D eigenvalue weighted by atomic mass is 16.5. The van der Waals surface area contributed by atoms with Crippen molar-refractivity contribution in [1.82, 2.24) is 9.78 Å². The van der Waals surface area contributed by atoms with Gasteiger partial charge in [-0.2, -0.15) is 5.10 Å². The highest BCUT2D eigenvalue weighted by molar-refractivity contribution is 5.92. The summed E-state index contributed by atoms with van der Waals surface area (Å²) < 4.78 is 12.4. The van der Waals surface area contributed by atoms with Gasteiger partial charge < -0.3 is 14.8 Å². The van der Waals surface area contributed by atoms with Gasteiger partial charge in [0.15, 0.2) is 0 Å². The molecule has 1 aromatic heterocycles. The number of benzene rings is 2. The first-order chi connectivity index (χ1) is 12.7. The molecule has 2 aromatic carbocycles. The van der Waals surface area contributed by atoms with Crippen LogP contribution >= 0.6 is 0 Å². The van der Waals surface area contributed by atoms with E-state index in [4.69, 9.17) is 9.47 Å². The third-order valence-corrected chi connectivity index (χ3v) is 3.98. The van der Waals surface area contributed by atoms with Gasteiger partial charge in [0.05, 0.1) is 27.2 Å². The maximum Gasteiger partial charge on any atom is 0.228 e. The van der Waals surface area contributed by atoms with Gasteiger partial charge in [-0.15, -0.1) is 0 Å². The summed E-state index contributed by atoms with van der Waals surface area (Å²) in [5.41, 5.74) is 2.64. The Hall–Kier alpha value is -3.28. The molecule has 6 heteroatoms. The Bertz CT molecular complexity index is 859. The number of anilines is 1. The second-order valence-corrected chi connectivity index (χ2v) is 5.80. The first kappa shape index (κ1) is 17.5. The minimum Gasteiger partial charge on any atom is -0.497 e. The number of methoxy groups -OCH3 is 2. The van der Waals surface area contributed by atoms with E-state index in [1.54, 1.807) is 32.5 Å². The van der Waals surface area contributed by atoms with Gasteiger partial charge in [0, 0.05) is 23.6 Å². The topological polar surface area (TPSA) is 65.4 Å². The van der Waals surface area contributed by atoms with E-state index in [1.165, 1.54) is 0 Å². The number of amides is 1. The molecule has 0 aliphatic rings. The van der Waals surface area contributed by atoms with E-state index in [9.17, 15) is 4.79 Å². The molecule has 6 nitrogen and oxygen atoms in total. The van der Waals surface area contributed by atoms with Crippen molar-refractivity contribution in [2.45, 2.75) is 13.0 Å². The van der Waals surface area contributed by atoms with Gasteiger partial charge in [0.2, 0.25) is 5.91 Å². The monoisotopic (exact) mass is 351 g/mol. The summed E-state index contributed by atoms with van der Waals surface area (Å²) in [6, 6.07) is 15.0. The Labute approximate surface area is 152 Å². The molecule has 134 valence electrons. The second-order valence-electron chi connectivity index (χ2n) is 5.80. The van der Waals surface area contributed by atoms with Crippen LogP contribution in [0.4, 0.5) is 5.69 Å². The van der Waals surface area contributed by atoms with Gasteiger partial charge in [0.25, 0.3) is 0 Å². The summed E-state index contributed by atoms with van der Waals surface area (Å²) in [5.74, 6) is 1.24. The first-order valence-corrected chi connectivity index (χ1v) is 8.25. The molecule has 0 unspecified atom stereocenters. The SMILES string of the molecule is COc1ccc(OC)c(CC(=O)Nc2ccc(Cn3cccn3)cc2)c1. The van der Waals surface area contributed by atoms with E-state index < -0.39 is 0 Å².